The van der Waals surface area contributed by atoms with Crippen LogP contribution in [0.3, 0.4) is 0 Å². The smallest absolute Gasteiger partial charge is 0.211 e. The first kappa shape index (κ1) is 22.8. The van der Waals surface area contributed by atoms with Gasteiger partial charge in [0, 0.05) is 11.3 Å². The van der Waals surface area contributed by atoms with Crippen LogP contribution in [0.2, 0.25) is 0 Å². The molecule has 0 unspecified atom stereocenters. The van der Waals surface area contributed by atoms with Gasteiger partial charge in [-0.3, -0.25) is 4.79 Å². The minimum atomic E-state index is -3.98. The molecule has 0 saturated heterocycles. The van der Waals surface area contributed by atoms with Crippen molar-refractivity contribution < 1.29 is 13.2 Å². The van der Waals surface area contributed by atoms with Gasteiger partial charge in [0.2, 0.25) is 15.6 Å². The number of rotatable bonds is 7. The summed E-state index contributed by atoms with van der Waals surface area (Å²) in [6.07, 6.45) is 0.764. The number of nitrogen functional groups attached to an aromatic ring is 1. The van der Waals surface area contributed by atoms with Crippen molar-refractivity contribution in [2.45, 2.75) is 30.1 Å². The van der Waals surface area contributed by atoms with Gasteiger partial charge in [0.1, 0.15) is 14.8 Å². The van der Waals surface area contributed by atoms with Crippen molar-refractivity contribution in [1.29, 1.82) is 0 Å². The molecule has 0 saturated carbocycles. The van der Waals surface area contributed by atoms with Crippen molar-refractivity contribution in [3.8, 4) is 0 Å². The number of sulfone groups is 1. The first-order valence-electron chi connectivity index (χ1n) is 10.5. The molecule has 5 nitrogen and oxygen atoms in total. The number of aryl methyl sites for hydroxylation is 2. The second-order valence-electron chi connectivity index (χ2n) is 7.65. The van der Waals surface area contributed by atoms with Gasteiger partial charge >= 0.3 is 0 Å². The average Bonchev–Trinajstić information content (AvgIpc) is 3.16. The van der Waals surface area contributed by atoms with E-state index in [0.29, 0.717) is 10.6 Å². The van der Waals surface area contributed by atoms with Crippen molar-refractivity contribution in [2.75, 3.05) is 11.1 Å². The molecule has 1 heterocycles. The number of benzene rings is 3. The number of thiophene rings is 1. The summed E-state index contributed by atoms with van der Waals surface area (Å²) in [5, 5.41) is 3.58. The number of anilines is 3. The minimum absolute atomic E-state index is 0.0362. The lowest BCUT2D eigenvalue weighted by Crippen LogP contribution is -2.08. The summed E-state index contributed by atoms with van der Waals surface area (Å²) in [7, 11) is -3.98. The Morgan fingerprint density at radius 2 is 1.58 bits per heavy atom. The summed E-state index contributed by atoms with van der Waals surface area (Å²) in [6, 6.07) is 23.0. The number of hydrogen-bond acceptors (Lipinski definition) is 6. The highest BCUT2D eigenvalue weighted by Gasteiger charge is 2.31. The number of para-hydroxylation sites is 1. The molecule has 0 atom stereocenters. The van der Waals surface area contributed by atoms with Crippen LogP contribution in [0.1, 0.15) is 33.3 Å². The summed E-state index contributed by atoms with van der Waals surface area (Å²) < 4.78 is 27.4. The molecule has 7 heteroatoms. The molecule has 3 aromatic carbocycles. The zero-order chi connectivity index (χ0) is 23.6. The van der Waals surface area contributed by atoms with E-state index in [1.807, 2.05) is 44.2 Å². The molecule has 0 bridgehead atoms. The minimum Gasteiger partial charge on any atom is -0.396 e. The zero-order valence-electron chi connectivity index (χ0n) is 18.3. The number of nitrogens with one attached hydrogen (secondary N) is 1. The highest BCUT2D eigenvalue weighted by Crippen LogP contribution is 2.44. The molecule has 0 radical (unpaired) electrons. The molecular formula is C26H24N2O3S2. The van der Waals surface area contributed by atoms with Gasteiger partial charge in [0.15, 0.2) is 0 Å². The fraction of sp³-hybridized carbons (Fsp3) is 0.115. The third-order valence-electron chi connectivity index (χ3n) is 5.39. The van der Waals surface area contributed by atoms with E-state index in [-0.39, 0.29) is 26.1 Å². The van der Waals surface area contributed by atoms with Gasteiger partial charge in [0.05, 0.1) is 10.6 Å². The molecule has 0 fully saturated rings. The largest absolute Gasteiger partial charge is 0.396 e. The van der Waals surface area contributed by atoms with Crippen LogP contribution in [-0.4, -0.2) is 14.2 Å². The lowest BCUT2D eigenvalue weighted by molar-refractivity contribution is 0.104. The van der Waals surface area contributed by atoms with Gasteiger partial charge < -0.3 is 11.1 Å². The molecule has 3 N–H and O–H groups in total. The van der Waals surface area contributed by atoms with Crippen LogP contribution in [-0.2, 0) is 16.3 Å². The van der Waals surface area contributed by atoms with Gasteiger partial charge in [-0.2, -0.15) is 0 Å². The summed E-state index contributed by atoms with van der Waals surface area (Å²) in [5.74, 6) is -0.310. The second kappa shape index (κ2) is 9.21. The highest BCUT2D eigenvalue weighted by molar-refractivity contribution is 7.92. The maximum atomic E-state index is 13.7. The molecular weight excluding hydrogens is 452 g/mol. The lowest BCUT2D eigenvalue weighted by Gasteiger charge is -2.12. The van der Waals surface area contributed by atoms with Crippen molar-refractivity contribution in [2.24, 2.45) is 0 Å². The van der Waals surface area contributed by atoms with Gasteiger partial charge in [0.25, 0.3) is 0 Å². The number of hydrogen-bond donors (Lipinski definition) is 2. The molecule has 168 valence electrons. The van der Waals surface area contributed by atoms with E-state index in [2.05, 4.69) is 5.32 Å². The maximum Gasteiger partial charge on any atom is 0.211 e. The van der Waals surface area contributed by atoms with Crippen LogP contribution in [0.25, 0.3) is 0 Å². The Hall–Kier alpha value is -3.42. The highest BCUT2D eigenvalue weighted by atomic mass is 32.2. The van der Waals surface area contributed by atoms with E-state index in [0.717, 1.165) is 34.6 Å². The number of carbonyl (C=O) groups is 1. The first-order chi connectivity index (χ1) is 15.8. The van der Waals surface area contributed by atoms with E-state index < -0.39 is 9.84 Å². The van der Waals surface area contributed by atoms with E-state index in [9.17, 15) is 13.2 Å². The predicted molar refractivity (Wildman–Crippen MR) is 134 cm³/mol. The third-order valence-corrected chi connectivity index (χ3v) is 8.49. The molecule has 0 aliphatic carbocycles. The fourth-order valence-corrected chi connectivity index (χ4v) is 6.50. The third kappa shape index (κ3) is 4.42. The zero-order valence-corrected chi connectivity index (χ0v) is 20.0. The molecule has 33 heavy (non-hydrogen) atoms. The quantitative estimate of drug-likeness (QED) is 0.319. The predicted octanol–water partition coefficient (Wildman–Crippen LogP) is 6.01. The Morgan fingerprint density at radius 3 is 2.24 bits per heavy atom. The monoisotopic (exact) mass is 476 g/mol. The standard InChI is InChI=1S/C26H24N2O3S2/c1-3-18-9-7-8-12-21(18)28-26-25(33(30,31)20-15-13-17(2)14-16-20)22(27)24(32-26)23(29)19-10-5-4-6-11-19/h4-16,28H,3,27H2,1-2H3. The van der Waals surface area contributed by atoms with Crippen molar-refractivity contribution in [3.05, 3.63) is 100 Å². The molecule has 1 aromatic heterocycles. The Labute approximate surface area is 197 Å². The fourth-order valence-electron chi connectivity index (χ4n) is 3.58. The topological polar surface area (TPSA) is 89.3 Å². The average molecular weight is 477 g/mol. The van der Waals surface area contributed by atoms with Gasteiger partial charge in [-0.1, -0.05) is 73.2 Å². The Kier molecular flexibility index (Phi) is 6.35. The van der Waals surface area contributed by atoms with Crippen LogP contribution < -0.4 is 11.1 Å². The number of carbonyl (C=O) groups excluding carboxylic acids is 1. The van der Waals surface area contributed by atoms with Crippen LogP contribution in [0.5, 0.6) is 0 Å². The molecule has 0 aliphatic rings. The molecule has 0 spiro atoms. The first-order valence-corrected chi connectivity index (χ1v) is 12.8. The van der Waals surface area contributed by atoms with Crippen LogP contribution >= 0.6 is 11.3 Å². The van der Waals surface area contributed by atoms with Crippen molar-refractivity contribution in [1.82, 2.24) is 0 Å². The van der Waals surface area contributed by atoms with Gasteiger partial charge in [-0.25, -0.2) is 8.42 Å². The normalized spacial score (nSPS) is 11.3. The van der Waals surface area contributed by atoms with Crippen molar-refractivity contribution in [3.63, 3.8) is 0 Å². The Bertz CT molecular complexity index is 1410. The van der Waals surface area contributed by atoms with Crippen LogP contribution in [0.4, 0.5) is 16.4 Å². The van der Waals surface area contributed by atoms with Crippen LogP contribution in [0, 0.1) is 6.92 Å². The molecule has 0 aliphatic heterocycles. The lowest BCUT2D eigenvalue weighted by atomic mass is 10.1. The maximum absolute atomic E-state index is 13.7. The Balaban J connectivity index is 1.90. The summed E-state index contributed by atoms with van der Waals surface area (Å²) in [4.78, 5) is 13.5. The summed E-state index contributed by atoms with van der Waals surface area (Å²) >= 11 is 1.06. The van der Waals surface area contributed by atoms with E-state index in [4.69, 9.17) is 5.73 Å². The SMILES string of the molecule is CCc1ccccc1Nc1sc(C(=O)c2ccccc2)c(N)c1S(=O)(=O)c1ccc(C)cc1. The number of nitrogens with two attached hydrogens (primary N) is 1. The molecule has 4 aromatic rings. The van der Waals surface area contributed by atoms with E-state index >= 15 is 0 Å². The van der Waals surface area contributed by atoms with Crippen LogP contribution in [0.15, 0.2) is 88.7 Å². The van der Waals surface area contributed by atoms with Crippen molar-refractivity contribution >= 4 is 43.3 Å². The second-order valence-corrected chi connectivity index (χ2v) is 10.6. The van der Waals surface area contributed by atoms with Gasteiger partial charge in [-0.05, 0) is 37.1 Å². The summed E-state index contributed by atoms with van der Waals surface area (Å²) in [6.45, 7) is 3.91. The van der Waals surface area contributed by atoms with Gasteiger partial charge in [-0.15, -0.1) is 11.3 Å². The molecule has 0 amide bonds. The van der Waals surface area contributed by atoms with E-state index in [1.54, 1.807) is 48.5 Å². The number of ketones is 1. The molecule has 4 rings (SSSR count). The van der Waals surface area contributed by atoms with E-state index in [1.165, 1.54) is 0 Å². The Morgan fingerprint density at radius 1 is 0.939 bits per heavy atom. The summed E-state index contributed by atoms with van der Waals surface area (Å²) in [5.41, 5.74) is 9.56.